The first kappa shape index (κ1) is 36.3. The number of anilines is 1. The topological polar surface area (TPSA) is 105 Å². The number of hydrogen-bond acceptors (Lipinski definition) is 6. The molecule has 0 spiro atoms. The number of methoxy groups -OCH3 is 2. The molecule has 0 fully saturated rings. The second-order valence-electron chi connectivity index (χ2n) is 12.5. The van der Waals surface area contributed by atoms with E-state index >= 15 is 0 Å². The molecular weight excluding hydrogens is 650 g/mol. The van der Waals surface area contributed by atoms with Crippen molar-refractivity contribution in [1.29, 1.82) is 0 Å². The number of benzene rings is 4. The minimum Gasteiger partial charge on any atom is -0.497 e. The maximum Gasteiger partial charge on any atom is 0.264 e. The number of rotatable bonds is 13. The lowest BCUT2D eigenvalue weighted by molar-refractivity contribution is -0.140. The Morgan fingerprint density at radius 1 is 0.854 bits per heavy atom. The fourth-order valence-electron chi connectivity index (χ4n) is 5.18. The van der Waals surface area contributed by atoms with Crippen LogP contribution in [0.1, 0.15) is 37.5 Å². The fraction of sp³-hybridized carbons (Fsp3) is 0.297. The summed E-state index contributed by atoms with van der Waals surface area (Å²) >= 11 is 6.34. The molecule has 0 aliphatic heterocycles. The molecule has 2 amide bonds. The van der Waals surface area contributed by atoms with Crippen LogP contribution in [0.3, 0.4) is 0 Å². The molecular formula is C37H42ClN3O6S. The molecule has 0 aliphatic rings. The monoisotopic (exact) mass is 691 g/mol. The highest BCUT2D eigenvalue weighted by molar-refractivity contribution is 7.92. The SMILES string of the molecule is COc1ccc(OC)c(N(CC(=O)N(Cc2cccc(Cl)c2)[C@H](Cc2ccccc2)C(=O)NC(C)(C)C)S(=O)(=O)c2ccc(C)cc2)c1. The molecule has 0 heterocycles. The third kappa shape index (κ3) is 9.29. The molecule has 1 atom stereocenters. The van der Waals surface area contributed by atoms with Gasteiger partial charge >= 0.3 is 0 Å². The van der Waals surface area contributed by atoms with Gasteiger partial charge in [0.2, 0.25) is 11.8 Å². The van der Waals surface area contributed by atoms with E-state index in [-0.39, 0.29) is 35.2 Å². The Kier molecular flexibility index (Phi) is 11.8. The second kappa shape index (κ2) is 15.6. The molecule has 0 radical (unpaired) electrons. The molecule has 0 saturated carbocycles. The molecule has 0 aromatic heterocycles. The molecule has 4 aromatic carbocycles. The highest BCUT2D eigenvalue weighted by atomic mass is 35.5. The van der Waals surface area contributed by atoms with Gasteiger partial charge < -0.3 is 19.7 Å². The van der Waals surface area contributed by atoms with Gasteiger partial charge in [-0.1, -0.05) is 71.8 Å². The van der Waals surface area contributed by atoms with E-state index in [1.807, 2.05) is 58.0 Å². The van der Waals surface area contributed by atoms with Gasteiger partial charge in [0.05, 0.1) is 24.8 Å². The van der Waals surface area contributed by atoms with Crippen LogP contribution in [0.4, 0.5) is 5.69 Å². The molecule has 0 saturated heterocycles. The van der Waals surface area contributed by atoms with Gasteiger partial charge in [-0.2, -0.15) is 0 Å². The molecule has 1 N–H and O–H groups in total. The van der Waals surface area contributed by atoms with Crippen LogP contribution in [0.5, 0.6) is 11.5 Å². The van der Waals surface area contributed by atoms with Crippen LogP contribution in [-0.2, 0) is 32.6 Å². The Morgan fingerprint density at radius 2 is 1.52 bits per heavy atom. The van der Waals surface area contributed by atoms with E-state index in [0.717, 1.165) is 15.4 Å². The van der Waals surface area contributed by atoms with E-state index in [0.29, 0.717) is 16.3 Å². The fourth-order valence-corrected chi connectivity index (χ4v) is 6.81. The standard InChI is InChI=1S/C37H42ClN3O6S/c1-26-15-18-31(19-16-26)48(44,45)41(32-23-30(46-5)17-20-34(32)47-6)25-35(42)40(24-28-13-10-14-29(38)21-28)33(36(43)39-37(2,3)4)22-27-11-8-7-9-12-27/h7-21,23,33H,22,24-25H2,1-6H3,(H,39,43)/t33-/m1/s1. The van der Waals surface area contributed by atoms with Crippen molar-refractivity contribution in [1.82, 2.24) is 10.2 Å². The first-order valence-corrected chi connectivity index (χ1v) is 17.2. The van der Waals surface area contributed by atoms with E-state index in [1.54, 1.807) is 48.5 Å². The number of carbonyl (C=O) groups excluding carboxylic acids is 2. The summed E-state index contributed by atoms with van der Waals surface area (Å²) in [5.41, 5.74) is 1.87. The molecule has 0 unspecified atom stereocenters. The first-order chi connectivity index (χ1) is 22.7. The smallest absolute Gasteiger partial charge is 0.264 e. The zero-order valence-corrected chi connectivity index (χ0v) is 29.6. The summed E-state index contributed by atoms with van der Waals surface area (Å²) in [6, 6.07) is 26.4. The van der Waals surface area contributed by atoms with Crippen molar-refractivity contribution in [3.63, 3.8) is 0 Å². The summed E-state index contributed by atoms with van der Waals surface area (Å²) in [5, 5.41) is 3.49. The third-order valence-electron chi connectivity index (χ3n) is 7.55. The van der Waals surface area contributed by atoms with Gasteiger partial charge in [0, 0.05) is 29.6 Å². The number of amides is 2. The molecule has 254 valence electrons. The first-order valence-electron chi connectivity index (χ1n) is 15.4. The van der Waals surface area contributed by atoms with Crippen molar-refractivity contribution in [2.45, 2.75) is 57.1 Å². The van der Waals surface area contributed by atoms with Crippen LogP contribution in [0.15, 0.2) is 102 Å². The lowest BCUT2D eigenvalue weighted by atomic mass is 10.0. The second-order valence-corrected chi connectivity index (χ2v) is 14.8. The predicted octanol–water partition coefficient (Wildman–Crippen LogP) is 6.42. The van der Waals surface area contributed by atoms with E-state index in [2.05, 4.69) is 5.32 Å². The molecule has 0 aliphatic carbocycles. The number of ether oxygens (including phenoxy) is 2. The third-order valence-corrected chi connectivity index (χ3v) is 9.56. The molecule has 4 aromatic rings. The van der Waals surface area contributed by atoms with Gasteiger partial charge in [-0.15, -0.1) is 0 Å². The van der Waals surface area contributed by atoms with Crippen molar-refractivity contribution < 1.29 is 27.5 Å². The Bertz CT molecular complexity index is 1830. The zero-order valence-electron chi connectivity index (χ0n) is 28.1. The van der Waals surface area contributed by atoms with Crippen molar-refractivity contribution >= 4 is 39.1 Å². The van der Waals surface area contributed by atoms with Gasteiger partial charge in [-0.05, 0) is 75.2 Å². The number of nitrogens with one attached hydrogen (secondary N) is 1. The Labute approximate surface area is 288 Å². The predicted molar refractivity (Wildman–Crippen MR) is 189 cm³/mol. The summed E-state index contributed by atoms with van der Waals surface area (Å²) in [6.07, 6.45) is 0.183. The van der Waals surface area contributed by atoms with Gasteiger partial charge in [-0.3, -0.25) is 13.9 Å². The highest BCUT2D eigenvalue weighted by Crippen LogP contribution is 2.36. The number of hydrogen-bond donors (Lipinski definition) is 1. The minimum atomic E-state index is -4.34. The summed E-state index contributed by atoms with van der Waals surface area (Å²) in [5.74, 6) is -0.411. The molecule has 4 rings (SSSR count). The number of halogens is 1. The highest BCUT2D eigenvalue weighted by Gasteiger charge is 2.36. The maximum atomic E-state index is 14.7. The average molecular weight is 692 g/mol. The maximum absolute atomic E-state index is 14.7. The van der Waals surface area contributed by atoms with E-state index in [4.69, 9.17) is 21.1 Å². The number of sulfonamides is 1. The molecule has 48 heavy (non-hydrogen) atoms. The van der Waals surface area contributed by atoms with E-state index < -0.39 is 34.1 Å². The van der Waals surface area contributed by atoms with E-state index in [1.165, 1.54) is 37.3 Å². The average Bonchev–Trinajstić information content (AvgIpc) is 3.04. The lowest BCUT2D eigenvalue weighted by Gasteiger charge is -2.35. The van der Waals surface area contributed by atoms with Crippen LogP contribution in [0, 0.1) is 6.92 Å². The molecule has 0 bridgehead atoms. The summed E-state index contributed by atoms with van der Waals surface area (Å²) in [7, 11) is -1.46. The summed E-state index contributed by atoms with van der Waals surface area (Å²) in [4.78, 5) is 30.2. The van der Waals surface area contributed by atoms with Crippen LogP contribution in [0.25, 0.3) is 0 Å². The normalized spacial score (nSPS) is 12.1. The minimum absolute atomic E-state index is 0.0118. The van der Waals surface area contributed by atoms with Crippen LogP contribution in [0.2, 0.25) is 5.02 Å². The summed E-state index contributed by atoms with van der Waals surface area (Å²) in [6.45, 7) is 6.78. The van der Waals surface area contributed by atoms with Gasteiger partial charge in [-0.25, -0.2) is 8.42 Å². The van der Waals surface area contributed by atoms with Gasteiger partial charge in [0.15, 0.2) is 0 Å². The van der Waals surface area contributed by atoms with E-state index in [9.17, 15) is 18.0 Å². The molecule has 11 heteroatoms. The van der Waals surface area contributed by atoms with Crippen molar-refractivity contribution in [3.8, 4) is 11.5 Å². The Morgan fingerprint density at radius 3 is 2.12 bits per heavy atom. The quantitative estimate of drug-likeness (QED) is 0.174. The lowest BCUT2D eigenvalue weighted by Crippen LogP contribution is -2.56. The largest absolute Gasteiger partial charge is 0.497 e. The van der Waals surface area contributed by atoms with Crippen molar-refractivity contribution in [3.05, 3.63) is 119 Å². The van der Waals surface area contributed by atoms with Gasteiger partial charge in [0.25, 0.3) is 10.0 Å². The number of aryl methyl sites for hydroxylation is 1. The Hall–Kier alpha value is -4.54. The van der Waals surface area contributed by atoms with Crippen molar-refractivity contribution in [2.75, 3.05) is 25.1 Å². The van der Waals surface area contributed by atoms with Crippen LogP contribution in [-0.4, -0.2) is 57.5 Å². The zero-order chi connectivity index (χ0) is 35.1. The molecule has 9 nitrogen and oxygen atoms in total. The summed E-state index contributed by atoms with van der Waals surface area (Å²) < 4.78 is 40.8. The van der Waals surface area contributed by atoms with Crippen LogP contribution >= 0.6 is 11.6 Å². The Balaban J connectivity index is 1.88. The van der Waals surface area contributed by atoms with Gasteiger partial charge in [0.1, 0.15) is 24.1 Å². The number of nitrogens with zero attached hydrogens (tertiary/aromatic N) is 2. The van der Waals surface area contributed by atoms with Crippen molar-refractivity contribution in [2.24, 2.45) is 0 Å². The van der Waals surface area contributed by atoms with Crippen LogP contribution < -0.4 is 19.1 Å². The number of carbonyl (C=O) groups is 2.